The summed E-state index contributed by atoms with van der Waals surface area (Å²) in [6.07, 6.45) is 4.86. The lowest BCUT2D eigenvalue weighted by atomic mass is 9.86. The Kier molecular flexibility index (Phi) is 8.45. The lowest BCUT2D eigenvalue weighted by molar-refractivity contribution is -0.120. The van der Waals surface area contributed by atoms with Gasteiger partial charge in [-0.05, 0) is 74.4 Å². The summed E-state index contributed by atoms with van der Waals surface area (Å²) in [6.45, 7) is 7.97. The zero-order valence-corrected chi connectivity index (χ0v) is 22.2. The van der Waals surface area contributed by atoms with E-state index in [4.69, 9.17) is 21.1 Å². The quantitative estimate of drug-likeness (QED) is 0.500. The predicted molar refractivity (Wildman–Crippen MR) is 142 cm³/mol. The molecule has 2 fully saturated rings. The van der Waals surface area contributed by atoms with Crippen LogP contribution in [0.2, 0.25) is 5.02 Å². The van der Waals surface area contributed by atoms with Gasteiger partial charge in [0.15, 0.2) is 0 Å². The molecular weight excluding hydrogens is 462 g/mol. The van der Waals surface area contributed by atoms with Crippen molar-refractivity contribution >= 4 is 23.2 Å². The molecule has 2 atom stereocenters. The first-order valence-corrected chi connectivity index (χ1v) is 13.1. The zero-order chi connectivity index (χ0) is 24.9. The van der Waals surface area contributed by atoms with Gasteiger partial charge < -0.3 is 19.7 Å². The first-order valence-electron chi connectivity index (χ1n) is 12.7. The number of methoxy groups -OCH3 is 1. The second-order valence-electron chi connectivity index (χ2n) is 9.63. The van der Waals surface area contributed by atoms with Crippen LogP contribution in [0, 0.1) is 13.8 Å². The molecule has 0 bridgehead atoms. The predicted octanol–water partition coefficient (Wildman–Crippen LogP) is 5.29. The summed E-state index contributed by atoms with van der Waals surface area (Å²) in [5.74, 6) is 1.71. The molecule has 2 aromatic carbocycles. The Hall–Kier alpha value is -2.44. The van der Waals surface area contributed by atoms with Crippen molar-refractivity contribution in [1.29, 1.82) is 0 Å². The van der Waals surface area contributed by atoms with Crippen molar-refractivity contribution in [3.05, 3.63) is 52.0 Å². The Balaban J connectivity index is 1.44. The maximum Gasteiger partial charge on any atom is 0.219 e. The van der Waals surface area contributed by atoms with E-state index in [1.807, 2.05) is 6.07 Å². The molecule has 1 unspecified atom stereocenters. The number of nitrogens with zero attached hydrogens (tertiary/aromatic N) is 2. The fraction of sp³-hybridized carbons (Fsp3) is 0.536. The maximum atomic E-state index is 11.4. The topological polar surface area (TPSA) is 54.0 Å². The van der Waals surface area contributed by atoms with Gasteiger partial charge in [0.05, 0.1) is 18.7 Å². The Morgan fingerprint density at radius 1 is 1.11 bits per heavy atom. The lowest BCUT2D eigenvalue weighted by Gasteiger charge is -2.49. The molecule has 1 amide bonds. The molecule has 0 aliphatic carbocycles. The van der Waals surface area contributed by atoms with Gasteiger partial charge in [0.1, 0.15) is 11.5 Å². The van der Waals surface area contributed by atoms with Crippen LogP contribution >= 0.6 is 11.6 Å². The molecule has 35 heavy (non-hydrogen) atoms. The van der Waals surface area contributed by atoms with Crippen LogP contribution in [-0.4, -0.2) is 57.2 Å². The molecule has 0 aromatic heterocycles. The van der Waals surface area contributed by atoms with Crippen LogP contribution in [0.15, 0.2) is 30.3 Å². The molecule has 6 nitrogen and oxygen atoms in total. The average molecular weight is 500 g/mol. The monoisotopic (exact) mass is 499 g/mol. The normalized spacial score (nSPS) is 20.3. The number of hydrogen-bond acceptors (Lipinski definition) is 5. The Morgan fingerprint density at radius 3 is 2.71 bits per heavy atom. The van der Waals surface area contributed by atoms with E-state index >= 15 is 0 Å². The molecule has 2 saturated heterocycles. The Bertz CT molecular complexity index is 1040. The number of halogens is 1. The minimum absolute atomic E-state index is 0.0546. The summed E-state index contributed by atoms with van der Waals surface area (Å²) in [7, 11) is 3.33. The molecule has 1 N–H and O–H groups in total. The highest BCUT2D eigenvalue weighted by Crippen LogP contribution is 2.40. The van der Waals surface area contributed by atoms with E-state index in [-0.39, 0.29) is 5.91 Å². The number of piperazine rings is 1. The highest BCUT2D eigenvalue weighted by molar-refractivity contribution is 6.32. The van der Waals surface area contributed by atoms with Gasteiger partial charge in [0.2, 0.25) is 5.91 Å². The molecule has 2 aliphatic rings. The SMILES string of the molecule is CNC(=O)CCCOc1ccc([C@H]2CCCC3CN(c4ccc(Cl)c(OC)c4)CCN32)c(C)c1C. The number of hydrogen-bond donors (Lipinski definition) is 1. The summed E-state index contributed by atoms with van der Waals surface area (Å²) >= 11 is 6.25. The number of fused-ring (bicyclic) bond motifs is 1. The van der Waals surface area contributed by atoms with E-state index in [1.165, 1.54) is 41.6 Å². The van der Waals surface area contributed by atoms with Crippen molar-refractivity contribution in [2.45, 2.75) is 58.0 Å². The van der Waals surface area contributed by atoms with Crippen molar-refractivity contribution < 1.29 is 14.3 Å². The second kappa shape index (κ2) is 11.5. The molecule has 0 spiro atoms. The van der Waals surface area contributed by atoms with Crippen molar-refractivity contribution in [3.63, 3.8) is 0 Å². The van der Waals surface area contributed by atoms with Gasteiger partial charge in [-0.2, -0.15) is 0 Å². The minimum atomic E-state index is 0.0546. The molecule has 190 valence electrons. The largest absolute Gasteiger partial charge is 0.495 e. The van der Waals surface area contributed by atoms with Crippen molar-refractivity contribution in [1.82, 2.24) is 10.2 Å². The minimum Gasteiger partial charge on any atom is -0.495 e. The molecule has 7 heteroatoms. The number of piperidine rings is 1. The Morgan fingerprint density at radius 2 is 1.94 bits per heavy atom. The van der Waals surface area contributed by atoms with Crippen LogP contribution in [-0.2, 0) is 4.79 Å². The van der Waals surface area contributed by atoms with Crippen LogP contribution in [0.5, 0.6) is 11.5 Å². The number of carbonyl (C=O) groups excluding carboxylic acids is 1. The van der Waals surface area contributed by atoms with Gasteiger partial charge in [-0.25, -0.2) is 0 Å². The lowest BCUT2D eigenvalue weighted by Crippen LogP contribution is -2.56. The van der Waals surface area contributed by atoms with Gasteiger partial charge in [-0.3, -0.25) is 9.69 Å². The third kappa shape index (κ3) is 5.70. The summed E-state index contributed by atoms with van der Waals surface area (Å²) in [5.41, 5.74) is 5.13. The number of nitrogens with one attached hydrogen (secondary N) is 1. The molecule has 2 aliphatic heterocycles. The molecule has 0 saturated carbocycles. The van der Waals surface area contributed by atoms with Crippen LogP contribution in [0.3, 0.4) is 0 Å². The van der Waals surface area contributed by atoms with E-state index in [1.54, 1.807) is 14.2 Å². The average Bonchev–Trinajstić information content (AvgIpc) is 2.88. The third-order valence-electron chi connectivity index (χ3n) is 7.67. The number of anilines is 1. The number of rotatable bonds is 8. The van der Waals surface area contributed by atoms with Crippen molar-refractivity contribution in [2.24, 2.45) is 0 Å². The van der Waals surface area contributed by atoms with Crippen LogP contribution < -0.4 is 19.7 Å². The molecular formula is C28H38ClN3O3. The van der Waals surface area contributed by atoms with Gasteiger partial charge >= 0.3 is 0 Å². The van der Waals surface area contributed by atoms with Crippen molar-refractivity contribution in [2.75, 3.05) is 45.3 Å². The van der Waals surface area contributed by atoms with Gasteiger partial charge in [-0.1, -0.05) is 17.7 Å². The van der Waals surface area contributed by atoms with Crippen molar-refractivity contribution in [3.8, 4) is 11.5 Å². The van der Waals surface area contributed by atoms with Gasteiger partial charge in [-0.15, -0.1) is 0 Å². The smallest absolute Gasteiger partial charge is 0.219 e. The summed E-state index contributed by atoms with van der Waals surface area (Å²) in [4.78, 5) is 16.6. The van der Waals surface area contributed by atoms with Crippen LogP contribution in [0.1, 0.15) is 54.8 Å². The van der Waals surface area contributed by atoms with Crippen LogP contribution in [0.4, 0.5) is 5.69 Å². The standard InChI is InChI=1S/C28H38ClN3O3/c1-19-20(2)26(35-16-6-9-28(33)30-3)13-11-23(19)25-8-5-7-22-18-31(14-15-32(22)25)21-10-12-24(29)27(17-21)34-4/h10-13,17,22,25H,5-9,14-16,18H2,1-4H3,(H,30,33)/t22?,25-/m1/s1. The summed E-state index contributed by atoms with van der Waals surface area (Å²) in [6, 6.07) is 11.4. The fourth-order valence-electron chi connectivity index (χ4n) is 5.54. The van der Waals surface area contributed by atoms with E-state index in [2.05, 4.69) is 53.2 Å². The van der Waals surface area contributed by atoms with Crippen LogP contribution in [0.25, 0.3) is 0 Å². The van der Waals surface area contributed by atoms with Gasteiger partial charge in [0.25, 0.3) is 0 Å². The first-order chi connectivity index (χ1) is 16.9. The number of carbonyl (C=O) groups is 1. The highest BCUT2D eigenvalue weighted by Gasteiger charge is 2.36. The zero-order valence-electron chi connectivity index (χ0n) is 21.4. The first kappa shape index (κ1) is 25.6. The number of ether oxygens (including phenoxy) is 2. The second-order valence-corrected chi connectivity index (χ2v) is 10.0. The summed E-state index contributed by atoms with van der Waals surface area (Å²) < 4.78 is 11.5. The third-order valence-corrected chi connectivity index (χ3v) is 7.98. The van der Waals surface area contributed by atoms with E-state index in [0.29, 0.717) is 36.6 Å². The summed E-state index contributed by atoms with van der Waals surface area (Å²) in [5, 5.41) is 3.31. The Labute approximate surface area is 214 Å². The molecule has 2 aromatic rings. The number of amides is 1. The molecule has 4 rings (SSSR count). The number of benzene rings is 2. The molecule has 0 radical (unpaired) electrons. The van der Waals surface area contributed by atoms with E-state index in [9.17, 15) is 4.79 Å². The maximum absolute atomic E-state index is 11.4. The fourth-order valence-corrected chi connectivity index (χ4v) is 5.73. The highest BCUT2D eigenvalue weighted by atomic mass is 35.5. The van der Waals surface area contributed by atoms with E-state index < -0.39 is 0 Å². The molecule has 2 heterocycles. The van der Waals surface area contributed by atoms with Gasteiger partial charge in [0, 0.05) is 56.9 Å². The van der Waals surface area contributed by atoms with E-state index in [0.717, 1.165) is 31.1 Å².